The Hall–Kier alpha value is -2.73. The molecule has 8 heteroatoms. The summed E-state index contributed by atoms with van der Waals surface area (Å²) in [5.41, 5.74) is 4.45. The lowest BCUT2D eigenvalue weighted by molar-refractivity contribution is 0.166. The van der Waals surface area contributed by atoms with Gasteiger partial charge in [-0.25, -0.2) is 9.37 Å². The molecule has 0 radical (unpaired) electrons. The van der Waals surface area contributed by atoms with Gasteiger partial charge in [0.05, 0.1) is 19.9 Å². The quantitative estimate of drug-likeness (QED) is 0.164. The van der Waals surface area contributed by atoms with Gasteiger partial charge in [0.1, 0.15) is 18.2 Å². The Balaban J connectivity index is 1.59. The SMILES string of the molecule is CCOP(C)(=O)CC(c1cccc(OCc2ccc(-c3cc(OC)ncc3F)c(CN(C(C)C)C(C)C)c2)c1)C1CC1. The van der Waals surface area contributed by atoms with Crippen molar-refractivity contribution in [3.8, 4) is 22.8 Å². The van der Waals surface area contributed by atoms with E-state index in [1.54, 1.807) is 12.7 Å². The molecule has 42 heavy (non-hydrogen) atoms. The molecule has 6 nitrogen and oxygen atoms in total. The van der Waals surface area contributed by atoms with Crippen LogP contribution in [0.1, 0.15) is 70.1 Å². The lowest BCUT2D eigenvalue weighted by atomic mass is 9.96. The Morgan fingerprint density at radius 3 is 2.43 bits per heavy atom. The Morgan fingerprint density at radius 1 is 1.05 bits per heavy atom. The normalized spacial score (nSPS) is 15.7. The average molecular weight is 597 g/mol. The number of halogens is 1. The highest BCUT2D eigenvalue weighted by Crippen LogP contribution is 2.53. The zero-order chi connectivity index (χ0) is 30.4. The summed E-state index contributed by atoms with van der Waals surface area (Å²) in [7, 11) is -1.13. The molecule has 0 aliphatic heterocycles. The number of methoxy groups -OCH3 is 1. The van der Waals surface area contributed by atoms with E-state index in [1.165, 1.54) is 13.3 Å². The van der Waals surface area contributed by atoms with Gasteiger partial charge in [0.15, 0.2) is 0 Å². The van der Waals surface area contributed by atoms with Crippen LogP contribution in [-0.2, 0) is 22.2 Å². The molecule has 0 amide bonds. The molecule has 2 unspecified atom stereocenters. The molecule has 1 saturated carbocycles. The molecule has 0 spiro atoms. The van der Waals surface area contributed by atoms with E-state index in [2.05, 4.69) is 55.8 Å². The highest BCUT2D eigenvalue weighted by molar-refractivity contribution is 7.58. The second-order valence-electron chi connectivity index (χ2n) is 12.0. The van der Waals surface area contributed by atoms with Crippen LogP contribution in [-0.4, -0.2) is 48.5 Å². The summed E-state index contributed by atoms with van der Waals surface area (Å²) < 4.78 is 45.2. The van der Waals surface area contributed by atoms with Crippen molar-refractivity contribution in [1.29, 1.82) is 0 Å². The first-order valence-corrected chi connectivity index (χ1v) is 17.3. The second kappa shape index (κ2) is 14.2. The molecule has 1 heterocycles. The van der Waals surface area contributed by atoms with E-state index in [0.29, 0.717) is 55.4 Å². The predicted octanol–water partition coefficient (Wildman–Crippen LogP) is 8.53. The molecule has 3 aromatic rings. The number of ether oxygens (including phenoxy) is 2. The number of rotatable bonds is 15. The van der Waals surface area contributed by atoms with E-state index in [0.717, 1.165) is 40.8 Å². The smallest absolute Gasteiger partial charge is 0.213 e. The topological polar surface area (TPSA) is 60.9 Å². The van der Waals surface area contributed by atoms with E-state index in [9.17, 15) is 4.57 Å². The lowest BCUT2D eigenvalue weighted by Crippen LogP contribution is -2.36. The van der Waals surface area contributed by atoms with Crippen LogP contribution in [0.5, 0.6) is 11.6 Å². The summed E-state index contributed by atoms with van der Waals surface area (Å²) in [4.78, 5) is 6.41. The molecule has 1 aromatic heterocycles. The van der Waals surface area contributed by atoms with Crippen LogP contribution in [0.3, 0.4) is 0 Å². The van der Waals surface area contributed by atoms with E-state index >= 15 is 4.39 Å². The molecule has 228 valence electrons. The van der Waals surface area contributed by atoms with Crippen LogP contribution >= 0.6 is 7.37 Å². The predicted molar refractivity (Wildman–Crippen MR) is 168 cm³/mol. The van der Waals surface area contributed by atoms with Crippen molar-refractivity contribution in [1.82, 2.24) is 9.88 Å². The van der Waals surface area contributed by atoms with Crippen LogP contribution in [0.4, 0.5) is 4.39 Å². The molecule has 1 aliphatic rings. The zero-order valence-corrected chi connectivity index (χ0v) is 27.0. The van der Waals surface area contributed by atoms with Crippen LogP contribution in [0.2, 0.25) is 0 Å². The van der Waals surface area contributed by atoms with E-state index in [-0.39, 0.29) is 11.7 Å². The molecular weight excluding hydrogens is 550 g/mol. The third-order valence-corrected chi connectivity index (χ3v) is 9.85. The monoisotopic (exact) mass is 596 g/mol. The minimum atomic E-state index is -2.66. The molecule has 2 atom stereocenters. The zero-order valence-electron chi connectivity index (χ0n) is 26.1. The maximum atomic E-state index is 15.0. The molecule has 4 rings (SSSR count). The number of nitrogens with zero attached hydrogens (tertiary/aromatic N) is 2. The Morgan fingerprint density at radius 2 is 1.79 bits per heavy atom. The first-order chi connectivity index (χ1) is 20.0. The number of hydrogen-bond acceptors (Lipinski definition) is 6. The minimum Gasteiger partial charge on any atom is -0.489 e. The molecular formula is C34H46FN2O4P. The number of aromatic nitrogens is 1. The Bertz CT molecular complexity index is 1380. The second-order valence-corrected chi connectivity index (χ2v) is 14.6. The fourth-order valence-corrected chi connectivity index (χ4v) is 7.61. The lowest BCUT2D eigenvalue weighted by Gasteiger charge is -2.31. The van der Waals surface area contributed by atoms with Crippen molar-refractivity contribution in [2.75, 3.05) is 26.5 Å². The van der Waals surface area contributed by atoms with Gasteiger partial charge in [0, 0.05) is 43.1 Å². The first kappa shape index (κ1) is 32.2. The summed E-state index contributed by atoms with van der Waals surface area (Å²) in [6, 6.07) is 16.5. The Kier molecular flexibility index (Phi) is 10.9. The van der Waals surface area contributed by atoms with Gasteiger partial charge in [-0.3, -0.25) is 9.46 Å². The summed E-state index contributed by atoms with van der Waals surface area (Å²) in [6.45, 7) is 13.9. The fourth-order valence-electron chi connectivity index (χ4n) is 5.74. The van der Waals surface area contributed by atoms with Crippen molar-refractivity contribution in [2.24, 2.45) is 5.92 Å². The van der Waals surface area contributed by atoms with Gasteiger partial charge in [-0.1, -0.05) is 30.3 Å². The van der Waals surface area contributed by atoms with Crippen LogP contribution < -0.4 is 9.47 Å². The van der Waals surface area contributed by atoms with E-state index < -0.39 is 7.37 Å². The highest BCUT2D eigenvalue weighted by Gasteiger charge is 2.36. The summed E-state index contributed by atoms with van der Waals surface area (Å²) >= 11 is 0. The van der Waals surface area contributed by atoms with E-state index in [4.69, 9.17) is 14.0 Å². The van der Waals surface area contributed by atoms with Crippen molar-refractivity contribution < 1.29 is 23.0 Å². The number of hydrogen-bond donors (Lipinski definition) is 0. The van der Waals surface area contributed by atoms with Crippen LogP contribution in [0, 0.1) is 11.7 Å². The third kappa shape index (κ3) is 8.43. The maximum Gasteiger partial charge on any atom is 0.213 e. The minimum absolute atomic E-state index is 0.201. The molecule has 1 fully saturated rings. The van der Waals surface area contributed by atoms with Gasteiger partial charge in [0.25, 0.3) is 0 Å². The summed E-state index contributed by atoms with van der Waals surface area (Å²) in [6.07, 6.45) is 4.08. The summed E-state index contributed by atoms with van der Waals surface area (Å²) in [5.74, 6) is 1.51. The van der Waals surface area contributed by atoms with Crippen LogP contribution in [0.15, 0.2) is 54.7 Å². The molecule has 1 aliphatic carbocycles. The van der Waals surface area contributed by atoms with E-state index in [1.807, 2.05) is 31.2 Å². The highest BCUT2D eigenvalue weighted by atomic mass is 31.2. The Labute approximate surface area is 251 Å². The largest absolute Gasteiger partial charge is 0.489 e. The van der Waals surface area contributed by atoms with Gasteiger partial charge in [0.2, 0.25) is 13.2 Å². The standard InChI is InChI=1S/C34H46FN2O4P/c1-8-41-42(7,38)22-32(26-13-14-26)27-10-9-11-29(17-27)40-21-25-12-15-30(31-18-34(39-6)36-19-33(31)35)28(16-25)20-37(23(2)3)24(4)5/h9-12,15-19,23-24,26,32H,8,13-14,20-22H2,1-7H3. The molecule has 0 saturated heterocycles. The third-order valence-electron chi connectivity index (χ3n) is 7.99. The fraction of sp³-hybridized carbons (Fsp3) is 0.500. The van der Waals surface area contributed by atoms with Crippen molar-refractivity contribution in [3.63, 3.8) is 0 Å². The van der Waals surface area contributed by atoms with Crippen molar-refractivity contribution >= 4 is 7.37 Å². The van der Waals surface area contributed by atoms with Gasteiger partial charge >= 0.3 is 0 Å². The van der Waals surface area contributed by atoms with Gasteiger partial charge in [-0.15, -0.1) is 0 Å². The maximum absolute atomic E-state index is 15.0. The average Bonchev–Trinajstić information content (AvgIpc) is 3.79. The van der Waals surface area contributed by atoms with Gasteiger partial charge in [-0.2, -0.15) is 0 Å². The van der Waals surface area contributed by atoms with Gasteiger partial charge in [-0.05, 0) is 93.7 Å². The van der Waals surface area contributed by atoms with Crippen molar-refractivity contribution in [3.05, 3.63) is 77.2 Å². The van der Waals surface area contributed by atoms with Crippen molar-refractivity contribution in [2.45, 2.75) is 78.6 Å². The number of pyridine rings is 1. The number of benzene rings is 2. The van der Waals surface area contributed by atoms with Gasteiger partial charge < -0.3 is 14.0 Å². The van der Waals surface area contributed by atoms with Crippen LogP contribution in [0.25, 0.3) is 11.1 Å². The summed E-state index contributed by atoms with van der Waals surface area (Å²) in [5, 5.41) is 0. The molecule has 2 aromatic carbocycles. The first-order valence-electron chi connectivity index (χ1n) is 15.0. The molecule has 0 bridgehead atoms. The molecule has 0 N–H and O–H groups in total.